The molecule has 2 aromatic rings. The minimum absolute atomic E-state index is 0.111. The van der Waals surface area contributed by atoms with E-state index < -0.39 is 17.8 Å². The molecule has 0 aliphatic rings. The lowest BCUT2D eigenvalue weighted by Gasteiger charge is -2.29. The highest BCUT2D eigenvalue weighted by molar-refractivity contribution is 6.31. The molecule has 150 valence electrons. The van der Waals surface area contributed by atoms with Crippen LogP contribution in [0, 0.1) is 5.82 Å². The molecule has 2 amide bonds. The van der Waals surface area contributed by atoms with Crippen molar-refractivity contribution in [3.8, 4) is 0 Å². The van der Waals surface area contributed by atoms with Gasteiger partial charge in [-0.3, -0.25) is 9.59 Å². The molecule has 0 aliphatic carbocycles. The highest BCUT2D eigenvalue weighted by atomic mass is 35.5. The van der Waals surface area contributed by atoms with E-state index in [1.165, 1.54) is 23.1 Å². The second-order valence-corrected chi connectivity index (χ2v) is 7.27. The molecule has 0 bridgehead atoms. The summed E-state index contributed by atoms with van der Waals surface area (Å²) < 4.78 is 14.1. The summed E-state index contributed by atoms with van der Waals surface area (Å²) in [6.07, 6.45) is 0.531. The Morgan fingerprint density at radius 3 is 2.43 bits per heavy atom. The SMILES string of the molecule is CCCNC(=O)C(C)N(Cc1ccccc1Cl)C(=O)Cc1c(F)cccc1Cl. The normalized spacial score (nSPS) is 11.8. The Morgan fingerprint density at radius 1 is 1.11 bits per heavy atom. The summed E-state index contributed by atoms with van der Waals surface area (Å²) in [5, 5.41) is 3.45. The van der Waals surface area contributed by atoms with Crippen LogP contribution >= 0.6 is 23.2 Å². The van der Waals surface area contributed by atoms with E-state index in [-0.39, 0.29) is 29.5 Å². The van der Waals surface area contributed by atoms with E-state index in [4.69, 9.17) is 23.2 Å². The Kier molecular flexibility index (Phi) is 8.27. The zero-order valence-electron chi connectivity index (χ0n) is 15.8. The number of halogens is 3. The van der Waals surface area contributed by atoms with E-state index >= 15 is 0 Å². The van der Waals surface area contributed by atoms with Crippen molar-refractivity contribution in [3.05, 3.63) is 69.5 Å². The van der Waals surface area contributed by atoms with Crippen LogP contribution in [0.5, 0.6) is 0 Å². The van der Waals surface area contributed by atoms with Gasteiger partial charge in [0.2, 0.25) is 11.8 Å². The number of nitrogens with zero attached hydrogens (tertiary/aromatic N) is 1. The maximum Gasteiger partial charge on any atom is 0.242 e. The first-order chi connectivity index (χ1) is 13.3. The number of carbonyl (C=O) groups excluding carboxylic acids is 2. The van der Waals surface area contributed by atoms with Gasteiger partial charge in [-0.05, 0) is 37.1 Å². The predicted molar refractivity (Wildman–Crippen MR) is 110 cm³/mol. The lowest BCUT2D eigenvalue weighted by Crippen LogP contribution is -2.48. The molecule has 0 aliphatic heterocycles. The van der Waals surface area contributed by atoms with Gasteiger partial charge in [-0.25, -0.2) is 4.39 Å². The van der Waals surface area contributed by atoms with Gasteiger partial charge in [0.25, 0.3) is 0 Å². The summed E-state index contributed by atoms with van der Waals surface area (Å²) in [5.41, 5.74) is 0.812. The van der Waals surface area contributed by atoms with Gasteiger partial charge in [0.05, 0.1) is 6.42 Å². The van der Waals surface area contributed by atoms with Crippen molar-refractivity contribution < 1.29 is 14.0 Å². The van der Waals surface area contributed by atoms with E-state index in [2.05, 4.69) is 5.32 Å². The Labute approximate surface area is 174 Å². The lowest BCUT2D eigenvalue weighted by atomic mass is 10.1. The van der Waals surface area contributed by atoms with Crippen LogP contribution in [-0.2, 0) is 22.6 Å². The van der Waals surface area contributed by atoms with Crippen molar-refractivity contribution in [2.45, 2.75) is 39.3 Å². The number of hydrogen-bond acceptors (Lipinski definition) is 2. The highest BCUT2D eigenvalue weighted by Crippen LogP contribution is 2.23. The van der Waals surface area contributed by atoms with E-state index in [0.717, 1.165) is 6.42 Å². The topological polar surface area (TPSA) is 49.4 Å². The van der Waals surface area contributed by atoms with Crippen LogP contribution in [0.4, 0.5) is 4.39 Å². The van der Waals surface area contributed by atoms with Gasteiger partial charge in [-0.15, -0.1) is 0 Å². The fourth-order valence-electron chi connectivity index (χ4n) is 2.74. The molecular formula is C21H23Cl2FN2O2. The predicted octanol–water partition coefficient (Wildman–Crippen LogP) is 4.62. The number of hydrogen-bond donors (Lipinski definition) is 1. The average Bonchev–Trinajstić information content (AvgIpc) is 2.67. The van der Waals surface area contributed by atoms with Crippen molar-refractivity contribution >= 4 is 35.0 Å². The molecule has 0 fully saturated rings. The van der Waals surface area contributed by atoms with Crippen molar-refractivity contribution in [3.63, 3.8) is 0 Å². The fourth-order valence-corrected chi connectivity index (χ4v) is 3.17. The van der Waals surface area contributed by atoms with E-state index in [1.54, 1.807) is 31.2 Å². The first-order valence-corrected chi connectivity index (χ1v) is 9.84. The number of rotatable bonds is 8. The molecule has 0 spiro atoms. The summed E-state index contributed by atoms with van der Waals surface area (Å²) >= 11 is 12.3. The van der Waals surface area contributed by atoms with Gasteiger partial charge in [0.1, 0.15) is 11.9 Å². The van der Waals surface area contributed by atoms with Crippen LogP contribution in [0.15, 0.2) is 42.5 Å². The van der Waals surface area contributed by atoms with Crippen LogP contribution in [0.2, 0.25) is 10.0 Å². The number of nitrogens with one attached hydrogen (secondary N) is 1. The maximum atomic E-state index is 14.1. The van der Waals surface area contributed by atoms with Crippen molar-refractivity contribution in [2.24, 2.45) is 0 Å². The number of carbonyl (C=O) groups is 2. The van der Waals surface area contributed by atoms with Gasteiger partial charge in [-0.2, -0.15) is 0 Å². The standard InChI is InChI=1S/C21H23Cl2FN2O2/c1-3-11-25-21(28)14(2)26(13-15-7-4-5-8-17(15)22)20(27)12-16-18(23)9-6-10-19(16)24/h4-10,14H,3,11-13H2,1-2H3,(H,25,28). The summed E-state index contributed by atoms with van der Waals surface area (Å²) in [4.78, 5) is 26.9. The zero-order chi connectivity index (χ0) is 20.7. The molecule has 7 heteroatoms. The molecular weight excluding hydrogens is 402 g/mol. The largest absolute Gasteiger partial charge is 0.354 e. The summed E-state index contributed by atoms with van der Waals surface area (Å²) in [6, 6.07) is 10.6. The maximum absolute atomic E-state index is 14.1. The van der Waals surface area contributed by atoms with Crippen LogP contribution in [0.3, 0.4) is 0 Å². The Balaban J connectivity index is 2.29. The minimum atomic E-state index is -0.749. The van der Waals surface area contributed by atoms with Gasteiger partial charge in [-0.1, -0.05) is 54.4 Å². The molecule has 1 N–H and O–H groups in total. The Morgan fingerprint density at radius 2 is 1.79 bits per heavy atom. The summed E-state index contributed by atoms with van der Waals surface area (Å²) in [6.45, 7) is 4.22. The summed E-state index contributed by atoms with van der Waals surface area (Å²) in [7, 11) is 0. The van der Waals surface area contributed by atoms with Crippen molar-refractivity contribution in [1.29, 1.82) is 0 Å². The van der Waals surface area contributed by atoms with Crippen LogP contribution in [-0.4, -0.2) is 29.3 Å². The number of benzene rings is 2. The van der Waals surface area contributed by atoms with Gasteiger partial charge >= 0.3 is 0 Å². The van der Waals surface area contributed by atoms with Crippen LogP contribution < -0.4 is 5.32 Å². The number of amides is 2. The molecule has 0 radical (unpaired) electrons. The summed E-state index contributed by atoms with van der Waals surface area (Å²) in [5.74, 6) is -1.24. The third-order valence-corrected chi connectivity index (χ3v) is 5.13. The molecule has 28 heavy (non-hydrogen) atoms. The first-order valence-electron chi connectivity index (χ1n) is 9.08. The molecule has 0 heterocycles. The second kappa shape index (κ2) is 10.4. The molecule has 4 nitrogen and oxygen atoms in total. The molecule has 2 aromatic carbocycles. The van der Waals surface area contributed by atoms with Crippen molar-refractivity contribution in [1.82, 2.24) is 10.2 Å². The van der Waals surface area contributed by atoms with Gasteiger partial charge in [0.15, 0.2) is 0 Å². The smallest absolute Gasteiger partial charge is 0.242 e. The highest BCUT2D eigenvalue weighted by Gasteiger charge is 2.27. The quantitative estimate of drug-likeness (QED) is 0.671. The van der Waals surface area contributed by atoms with Gasteiger partial charge in [0, 0.05) is 28.7 Å². The monoisotopic (exact) mass is 424 g/mol. The molecule has 1 atom stereocenters. The van der Waals surface area contributed by atoms with E-state index in [1.807, 2.05) is 6.92 Å². The molecule has 0 saturated heterocycles. The van der Waals surface area contributed by atoms with E-state index in [9.17, 15) is 14.0 Å². The minimum Gasteiger partial charge on any atom is -0.354 e. The molecule has 2 rings (SSSR count). The third-order valence-electron chi connectivity index (χ3n) is 4.40. The Bertz CT molecular complexity index is 825. The average molecular weight is 425 g/mol. The third kappa shape index (κ3) is 5.69. The Hall–Kier alpha value is -2.11. The second-order valence-electron chi connectivity index (χ2n) is 6.46. The van der Waals surface area contributed by atoms with E-state index in [0.29, 0.717) is 17.1 Å². The molecule has 0 aromatic heterocycles. The lowest BCUT2D eigenvalue weighted by molar-refractivity contribution is -0.140. The van der Waals surface area contributed by atoms with Crippen LogP contribution in [0.1, 0.15) is 31.4 Å². The zero-order valence-corrected chi connectivity index (χ0v) is 17.4. The van der Waals surface area contributed by atoms with Crippen molar-refractivity contribution in [2.75, 3.05) is 6.54 Å². The molecule has 0 saturated carbocycles. The fraction of sp³-hybridized carbons (Fsp3) is 0.333. The molecule has 1 unspecified atom stereocenters. The van der Waals surface area contributed by atoms with Crippen LogP contribution in [0.25, 0.3) is 0 Å². The van der Waals surface area contributed by atoms with Gasteiger partial charge < -0.3 is 10.2 Å². The first kappa shape index (κ1) is 22.2.